The highest BCUT2D eigenvalue weighted by atomic mass is 19.1. The van der Waals surface area contributed by atoms with Crippen molar-refractivity contribution in [1.82, 2.24) is 19.5 Å². The van der Waals surface area contributed by atoms with Crippen LogP contribution in [0.5, 0.6) is 0 Å². The summed E-state index contributed by atoms with van der Waals surface area (Å²) in [6.45, 7) is 2.22. The Morgan fingerprint density at radius 3 is 3.04 bits per heavy atom. The standard InChI is InChI=1S/C18H13FN6O3/c1-9-15-14(18-22-17(23-28-18)13-3-2-6-27-13)21-8-24(15)12-5-4-11(19)10(7-20)16(12)25(9)26/h4-5,8,13H,2-3,6H2,1H3. The molecule has 10 heteroatoms. The van der Waals surface area contributed by atoms with Crippen molar-refractivity contribution in [2.45, 2.75) is 25.9 Å². The normalized spacial score (nSPS) is 16.8. The molecule has 0 saturated carbocycles. The fourth-order valence-corrected chi connectivity index (χ4v) is 3.60. The van der Waals surface area contributed by atoms with Crippen molar-refractivity contribution >= 4 is 16.6 Å². The maximum atomic E-state index is 14.0. The van der Waals surface area contributed by atoms with E-state index in [1.54, 1.807) is 17.4 Å². The smallest absolute Gasteiger partial charge is 0.279 e. The highest BCUT2D eigenvalue weighted by molar-refractivity contribution is 5.85. The van der Waals surface area contributed by atoms with E-state index < -0.39 is 5.82 Å². The SMILES string of the molecule is Cc1c2c(-c3nc(C4CCCO4)no3)ncn2c2ccc(F)c(C#N)c2[n+]1[O-]. The number of rotatable bonds is 2. The number of fused-ring (bicyclic) bond motifs is 3. The number of nitrogens with zero attached hydrogens (tertiary/aromatic N) is 6. The molecule has 1 saturated heterocycles. The average Bonchev–Trinajstić information content (AvgIpc) is 3.45. The summed E-state index contributed by atoms with van der Waals surface area (Å²) < 4.78 is 27.1. The van der Waals surface area contributed by atoms with Crippen LogP contribution in [-0.4, -0.2) is 26.1 Å². The molecule has 0 N–H and O–H groups in total. The van der Waals surface area contributed by atoms with Crippen molar-refractivity contribution in [3.05, 3.63) is 46.6 Å². The van der Waals surface area contributed by atoms with E-state index in [1.165, 1.54) is 12.4 Å². The molecule has 1 aliphatic rings. The van der Waals surface area contributed by atoms with Gasteiger partial charge in [0, 0.05) is 13.5 Å². The van der Waals surface area contributed by atoms with Crippen molar-refractivity contribution < 1.29 is 18.4 Å². The largest absolute Gasteiger partial charge is 0.618 e. The van der Waals surface area contributed by atoms with E-state index in [4.69, 9.17) is 9.26 Å². The van der Waals surface area contributed by atoms with Gasteiger partial charge in [0.05, 0.1) is 0 Å². The van der Waals surface area contributed by atoms with Crippen LogP contribution in [0.15, 0.2) is 23.0 Å². The lowest BCUT2D eigenvalue weighted by molar-refractivity contribution is -0.583. The number of hydrogen-bond acceptors (Lipinski definition) is 7. The minimum Gasteiger partial charge on any atom is -0.618 e. The molecule has 1 unspecified atom stereocenters. The predicted molar refractivity (Wildman–Crippen MR) is 92.3 cm³/mol. The van der Waals surface area contributed by atoms with Crippen LogP contribution in [0.3, 0.4) is 0 Å². The molecule has 28 heavy (non-hydrogen) atoms. The number of halogens is 1. The molecule has 0 bridgehead atoms. The van der Waals surface area contributed by atoms with E-state index in [0.29, 0.717) is 33.9 Å². The Balaban J connectivity index is 1.76. The van der Waals surface area contributed by atoms with Crippen molar-refractivity contribution in [2.75, 3.05) is 6.61 Å². The lowest BCUT2D eigenvalue weighted by Gasteiger charge is -2.09. The van der Waals surface area contributed by atoms with Gasteiger partial charge in [-0.15, -0.1) is 0 Å². The van der Waals surface area contributed by atoms with Crippen molar-refractivity contribution in [2.24, 2.45) is 0 Å². The summed E-state index contributed by atoms with van der Waals surface area (Å²) in [7, 11) is 0. The number of aromatic nitrogens is 5. The third kappa shape index (κ3) is 2.20. The monoisotopic (exact) mass is 380 g/mol. The summed E-state index contributed by atoms with van der Waals surface area (Å²) in [5, 5.41) is 26.1. The zero-order chi connectivity index (χ0) is 19.4. The molecule has 5 rings (SSSR count). The molecule has 0 amide bonds. The van der Waals surface area contributed by atoms with E-state index in [9.17, 15) is 14.9 Å². The summed E-state index contributed by atoms with van der Waals surface area (Å²) in [5.74, 6) is -0.147. The van der Waals surface area contributed by atoms with Crippen LogP contribution in [0.2, 0.25) is 0 Å². The van der Waals surface area contributed by atoms with Crippen LogP contribution in [-0.2, 0) is 4.74 Å². The first-order valence-corrected chi connectivity index (χ1v) is 8.67. The van der Waals surface area contributed by atoms with Crippen LogP contribution in [0.25, 0.3) is 28.1 Å². The van der Waals surface area contributed by atoms with E-state index in [2.05, 4.69) is 15.1 Å². The zero-order valence-corrected chi connectivity index (χ0v) is 14.7. The minimum absolute atomic E-state index is 0.0537. The Morgan fingerprint density at radius 1 is 1.43 bits per heavy atom. The van der Waals surface area contributed by atoms with Gasteiger partial charge in [-0.2, -0.15) is 15.0 Å². The molecule has 0 radical (unpaired) electrons. The Bertz CT molecular complexity index is 1280. The van der Waals surface area contributed by atoms with E-state index in [-0.39, 0.29) is 28.8 Å². The van der Waals surface area contributed by atoms with Crippen molar-refractivity contribution in [1.29, 1.82) is 5.26 Å². The summed E-state index contributed by atoms with van der Waals surface area (Å²) >= 11 is 0. The van der Waals surface area contributed by atoms with Crippen LogP contribution in [0.4, 0.5) is 4.39 Å². The van der Waals surface area contributed by atoms with Crippen molar-refractivity contribution in [3.8, 4) is 17.7 Å². The summed E-state index contributed by atoms with van der Waals surface area (Å²) in [4.78, 5) is 8.71. The van der Waals surface area contributed by atoms with Gasteiger partial charge in [0.2, 0.25) is 11.5 Å². The van der Waals surface area contributed by atoms with Gasteiger partial charge in [0.25, 0.3) is 11.4 Å². The second kappa shape index (κ2) is 5.97. The van der Waals surface area contributed by atoms with E-state index >= 15 is 0 Å². The second-order valence-electron chi connectivity index (χ2n) is 6.55. The van der Waals surface area contributed by atoms with Gasteiger partial charge in [0.1, 0.15) is 35.4 Å². The third-order valence-electron chi connectivity index (χ3n) is 4.96. The molecule has 1 atom stereocenters. The molecular weight excluding hydrogens is 367 g/mol. The molecular formula is C18H13FN6O3. The summed E-state index contributed by atoms with van der Waals surface area (Å²) in [6, 6.07) is 4.34. The highest BCUT2D eigenvalue weighted by Gasteiger charge is 2.28. The molecule has 1 aliphatic heterocycles. The van der Waals surface area contributed by atoms with Crippen LogP contribution in [0.1, 0.15) is 36.0 Å². The third-order valence-corrected chi connectivity index (χ3v) is 4.96. The Morgan fingerprint density at radius 2 is 2.29 bits per heavy atom. The van der Waals surface area contributed by atoms with Gasteiger partial charge in [-0.25, -0.2) is 9.37 Å². The lowest BCUT2D eigenvalue weighted by atomic mass is 10.1. The average molecular weight is 380 g/mol. The number of aryl methyl sites for hydroxylation is 1. The molecule has 1 fully saturated rings. The Hall–Kier alpha value is -3.58. The van der Waals surface area contributed by atoms with Gasteiger partial charge >= 0.3 is 0 Å². The highest BCUT2D eigenvalue weighted by Crippen LogP contribution is 2.31. The molecule has 3 aromatic heterocycles. The van der Waals surface area contributed by atoms with Gasteiger partial charge in [-0.05, 0) is 25.0 Å². The molecule has 0 spiro atoms. The van der Waals surface area contributed by atoms with E-state index in [0.717, 1.165) is 18.9 Å². The second-order valence-corrected chi connectivity index (χ2v) is 6.55. The molecule has 0 aliphatic carbocycles. The fourth-order valence-electron chi connectivity index (χ4n) is 3.60. The first-order chi connectivity index (χ1) is 13.6. The van der Waals surface area contributed by atoms with Gasteiger partial charge in [-0.1, -0.05) is 5.16 Å². The van der Waals surface area contributed by atoms with Gasteiger partial charge < -0.3 is 14.5 Å². The van der Waals surface area contributed by atoms with Crippen LogP contribution >= 0.6 is 0 Å². The number of benzene rings is 1. The Kier molecular flexibility index (Phi) is 3.53. The van der Waals surface area contributed by atoms with Gasteiger partial charge in [-0.3, -0.25) is 4.40 Å². The number of nitriles is 1. The molecule has 140 valence electrons. The van der Waals surface area contributed by atoms with Gasteiger partial charge in [0.15, 0.2) is 11.3 Å². The quantitative estimate of drug-likeness (QED) is 0.387. The van der Waals surface area contributed by atoms with E-state index in [1.807, 2.05) is 0 Å². The summed E-state index contributed by atoms with van der Waals surface area (Å²) in [6.07, 6.45) is 3.02. The topological polar surface area (TPSA) is 116 Å². The minimum atomic E-state index is -0.753. The van der Waals surface area contributed by atoms with Crippen LogP contribution < -0.4 is 4.73 Å². The lowest BCUT2D eigenvalue weighted by Crippen LogP contribution is -2.33. The Labute approximate surface area is 157 Å². The fraction of sp³-hybridized carbons (Fsp3) is 0.278. The maximum Gasteiger partial charge on any atom is 0.279 e. The number of hydrogen-bond donors (Lipinski definition) is 0. The predicted octanol–water partition coefficient (Wildman–Crippen LogP) is 2.34. The molecule has 4 heterocycles. The first-order valence-electron chi connectivity index (χ1n) is 8.67. The molecule has 1 aromatic carbocycles. The summed E-state index contributed by atoms with van der Waals surface area (Å²) in [5.41, 5.74) is 1.00. The van der Waals surface area contributed by atoms with Crippen molar-refractivity contribution in [3.63, 3.8) is 0 Å². The van der Waals surface area contributed by atoms with Crippen LogP contribution in [0, 0.1) is 29.3 Å². The first kappa shape index (κ1) is 16.6. The number of ether oxygens (including phenoxy) is 1. The molecule has 4 aromatic rings. The molecule has 9 nitrogen and oxygen atoms in total. The maximum absolute atomic E-state index is 14.0. The zero-order valence-electron chi connectivity index (χ0n) is 14.7. The number of imidazole rings is 1.